The van der Waals surface area contributed by atoms with Crippen molar-refractivity contribution < 1.29 is 14.3 Å². The van der Waals surface area contributed by atoms with Crippen molar-refractivity contribution in [1.29, 1.82) is 0 Å². The summed E-state index contributed by atoms with van der Waals surface area (Å²) in [7, 11) is 0. The van der Waals surface area contributed by atoms with Crippen LogP contribution in [-0.2, 0) is 9.53 Å². The highest BCUT2D eigenvalue weighted by Gasteiger charge is 2.15. The quantitative estimate of drug-likeness (QED) is 0.737. The van der Waals surface area contributed by atoms with E-state index in [9.17, 15) is 4.79 Å². The van der Waals surface area contributed by atoms with Crippen molar-refractivity contribution in [2.45, 2.75) is 39.7 Å². The molecule has 0 saturated carbocycles. The zero-order valence-electron chi connectivity index (χ0n) is 10.9. The Morgan fingerprint density at radius 3 is 2.24 bits per heavy atom. The molecule has 0 unspecified atom stereocenters. The third-order valence-electron chi connectivity index (χ3n) is 2.48. The molecule has 0 aromatic heterocycles. The van der Waals surface area contributed by atoms with Crippen LogP contribution in [0.5, 0.6) is 5.75 Å². The summed E-state index contributed by atoms with van der Waals surface area (Å²) in [5.74, 6) is 0.849. The highest BCUT2D eigenvalue weighted by molar-refractivity contribution is 5.74. The summed E-state index contributed by atoms with van der Waals surface area (Å²) in [6.07, 6.45) is -0.570. The number of esters is 1. The molecule has 0 heterocycles. The van der Waals surface area contributed by atoms with Gasteiger partial charge in [-0.15, -0.1) is 0 Å². The molecule has 17 heavy (non-hydrogen) atoms. The van der Waals surface area contributed by atoms with E-state index < -0.39 is 6.10 Å². The summed E-state index contributed by atoms with van der Waals surface area (Å²) < 4.78 is 10.4. The molecule has 1 atom stereocenters. The molecular formula is C14H20O3. The topological polar surface area (TPSA) is 35.5 Å². The average Bonchev–Trinajstić information content (AvgIpc) is 2.30. The first-order valence-electron chi connectivity index (χ1n) is 5.97. The van der Waals surface area contributed by atoms with Crippen LogP contribution in [0.1, 0.15) is 39.2 Å². The van der Waals surface area contributed by atoms with Crippen LogP contribution in [0.4, 0.5) is 0 Å². The zero-order chi connectivity index (χ0) is 12.8. The van der Waals surface area contributed by atoms with E-state index in [0.717, 1.165) is 0 Å². The molecule has 0 radical (unpaired) electrons. The standard InChI is InChI=1S/C14H20O3/c1-5-16-14(15)11(4)17-13-8-6-12(7-9-13)10(2)3/h6-11H,5H2,1-4H3/t11-/m1/s1. The number of carbonyl (C=O) groups excluding carboxylic acids is 1. The van der Waals surface area contributed by atoms with E-state index in [1.54, 1.807) is 13.8 Å². The lowest BCUT2D eigenvalue weighted by atomic mass is 10.0. The summed E-state index contributed by atoms with van der Waals surface area (Å²) in [5.41, 5.74) is 1.25. The fourth-order valence-electron chi connectivity index (χ4n) is 1.44. The molecule has 1 aromatic carbocycles. The minimum Gasteiger partial charge on any atom is -0.479 e. The first-order valence-corrected chi connectivity index (χ1v) is 5.97. The molecule has 0 aliphatic rings. The van der Waals surface area contributed by atoms with Gasteiger partial charge in [-0.1, -0.05) is 26.0 Å². The zero-order valence-corrected chi connectivity index (χ0v) is 10.9. The number of ether oxygens (including phenoxy) is 2. The molecule has 94 valence electrons. The number of carbonyl (C=O) groups is 1. The predicted molar refractivity (Wildman–Crippen MR) is 67.3 cm³/mol. The van der Waals surface area contributed by atoms with Gasteiger partial charge in [0, 0.05) is 0 Å². The van der Waals surface area contributed by atoms with E-state index in [1.165, 1.54) is 5.56 Å². The monoisotopic (exact) mass is 236 g/mol. The van der Waals surface area contributed by atoms with Crippen molar-refractivity contribution in [3.63, 3.8) is 0 Å². The van der Waals surface area contributed by atoms with Gasteiger partial charge in [-0.05, 0) is 37.5 Å². The summed E-state index contributed by atoms with van der Waals surface area (Å²) >= 11 is 0. The molecule has 0 N–H and O–H groups in total. The van der Waals surface area contributed by atoms with Crippen LogP contribution in [0.2, 0.25) is 0 Å². The Morgan fingerprint density at radius 2 is 1.76 bits per heavy atom. The van der Waals surface area contributed by atoms with E-state index in [4.69, 9.17) is 9.47 Å². The van der Waals surface area contributed by atoms with Gasteiger partial charge in [-0.25, -0.2) is 4.79 Å². The lowest BCUT2D eigenvalue weighted by molar-refractivity contribution is -0.150. The normalized spacial score (nSPS) is 12.3. The molecule has 0 amide bonds. The van der Waals surface area contributed by atoms with Crippen LogP contribution >= 0.6 is 0 Å². The van der Waals surface area contributed by atoms with Gasteiger partial charge in [-0.2, -0.15) is 0 Å². The molecule has 0 spiro atoms. The van der Waals surface area contributed by atoms with Gasteiger partial charge >= 0.3 is 5.97 Å². The Morgan fingerprint density at radius 1 is 1.18 bits per heavy atom. The number of hydrogen-bond donors (Lipinski definition) is 0. The first kappa shape index (κ1) is 13.6. The summed E-state index contributed by atoms with van der Waals surface area (Å²) in [6.45, 7) is 8.11. The van der Waals surface area contributed by atoms with Gasteiger partial charge in [0.2, 0.25) is 0 Å². The van der Waals surface area contributed by atoms with Crippen LogP contribution in [0.3, 0.4) is 0 Å². The molecule has 3 nitrogen and oxygen atoms in total. The molecule has 0 aliphatic heterocycles. The van der Waals surface area contributed by atoms with E-state index in [0.29, 0.717) is 18.3 Å². The molecule has 0 fully saturated rings. The highest BCUT2D eigenvalue weighted by Crippen LogP contribution is 2.19. The smallest absolute Gasteiger partial charge is 0.347 e. The van der Waals surface area contributed by atoms with Gasteiger partial charge < -0.3 is 9.47 Å². The van der Waals surface area contributed by atoms with E-state index in [-0.39, 0.29) is 5.97 Å². The Balaban J connectivity index is 2.60. The van der Waals surface area contributed by atoms with Crippen LogP contribution in [0, 0.1) is 0 Å². The van der Waals surface area contributed by atoms with Gasteiger partial charge in [0.15, 0.2) is 6.10 Å². The number of benzene rings is 1. The molecule has 3 heteroatoms. The molecule has 0 bridgehead atoms. The maximum absolute atomic E-state index is 11.4. The lowest BCUT2D eigenvalue weighted by Crippen LogP contribution is -2.26. The Bertz CT molecular complexity index is 354. The van der Waals surface area contributed by atoms with E-state index in [1.807, 2.05) is 24.3 Å². The molecule has 0 saturated heterocycles. The SMILES string of the molecule is CCOC(=O)[C@@H](C)Oc1ccc(C(C)C)cc1. The van der Waals surface area contributed by atoms with Gasteiger partial charge in [0.25, 0.3) is 0 Å². The largest absolute Gasteiger partial charge is 0.479 e. The fraction of sp³-hybridized carbons (Fsp3) is 0.500. The lowest BCUT2D eigenvalue weighted by Gasteiger charge is -2.14. The number of rotatable bonds is 5. The third kappa shape index (κ3) is 4.10. The number of hydrogen-bond acceptors (Lipinski definition) is 3. The second kappa shape index (κ2) is 6.28. The molecule has 1 aromatic rings. The van der Waals surface area contributed by atoms with Crippen LogP contribution in [0.15, 0.2) is 24.3 Å². The van der Waals surface area contributed by atoms with Crippen molar-refractivity contribution in [3.05, 3.63) is 29.8 Å². The van der Waals surface area contributed by atoms with Gasteiger partial charge in [0.1, 0.15) is 5.75 Å². The summed E-state index contributed by atoms with van der Waals surface area (Å²) in [6, 6.07) is 7.78. The van der Waals surface area contributed by atoms with E-state index >= 15 is 0 Å². The van der Waals surface area contributed by atoms with Crippen molar-refractivity contribution in [3.8, 4) is 5.75 Å². The van der Waals surface area contributed by atoms with Crippen molar-refractivity contribution >= 4 is 5.97 Å². The fourth-order valence-corrected chi connectivity index (χ4v) is 1.44. The molecular weight excluding hydrogens is 216 g/mol. The maximum Gasteiger partial charge on any atom is 0.347 e. The maximum atomic E-state index is 11.4. The molecule has 0 aliphatic carbocycles. The Labute approximate surface area is 103 Å². The van der Waals surface area contributed by atoms with Crippen molar-refractivity contribution in [2.24, 2.45) is 0 Å². The highest BCUT2D eigenvalue weighted by atomic mass is 16.6. The Hall–Kier alpha value is -1.51. The first-order chi connectivity index (χ1) is 8.04. The Kier molecular flexibility index (Phi) is 5.01. The van der Waals surface area contributed by atoms with Crippen LogP contribution < -0.4 is 4.74 Å². The minimum absolute atomic E-state index is 0.333. The van der Waals surface area contributed by atoms with E-state index in [2.05, 4.69) is 13.8 Å². The van der Waals surface area contributed by atoms with Crippen molar-refractivity contribution in [2.75, 3.05) is 6.61 Å². The third-order valence-corrected chi connectivity index (χ3v) is 2.48. The second-order valence-electron chi connectivity index (χ2n) is 4.24. The summed E-state index contributed by atoms with van der Waals surface area (Å²) in [5, 5.41) is 0. The molecule has 1 rings (SSSR count). The van der Waals surface area contributed by atoms with Crippen LogP contribution in [-0.4, -0.2) is 18.7 Å². The van der Waals surface area contributed by atoms with Gasteiger partial charge in [-0.3, -0.25) is 0 Å². The minimum atomic E-state index is -0.570. The predicted octanol–water partition coefficient (Wildman–Crippen LogP) is 3.14. The summed E-state index contributed by atoms with van der Waals surface area (Å²) in [4.78, 5) is 11.4. The average molecular weight is 236 g/mol. The van der Waals surface area contributed by atoms with Crippen molar-refractivity contribution in [1.82, 2.24) is 0 Å². The second-order valence-corrected chi connectivity index (χ2v) is 4.24. The van der Waals surface area contributed by atoms with Crippen LogP contribution in [0.25, 0.3) is 0 Å². The van der Waals surface area contributed by atoms with Gasteiger partial charge in [0.05, 0.1) is 6.61 Å².